The van der Waals surface area contributed by atoms with E-state index in [1.807, 2.05) is 38.1 Å². The van der Waals surface area contributed by atoms with E-state index in [0.717, 1.165) is 22.9 Å². The monoisotopic (exact) mass is 511 g/mol. The second kappa shape index (κ2) is 9.26. The van der Waals surface area contributed by atoms with Crippen LogP contribution in [-0.2, 0) is 4.79 Å². The zero-order valence-electron chi connectivity index (χ0n) is 17.4. The summed E-state index contributed by atoms with van der Waals surface area (Å²) in [6.07, 6.45) is 0. The lowest BCUT2D eigenvalue weighted by Gasteiger charge is -2.14. The van der Waals surface area contributed by atoms with E-state index in [2.05, 4.69) is 26.2 Å². The molecular weight excluding hydrogens is 493 g/mol. The summed E-state index contributed by atoms with van der Waals surface area (Å²) < 4.78 is 16.2. The van der Waals surface area contributed by atoms with E-state index in [9.17, 15) is 14.0 Å². The standard InChI is InChI=1S/C24H19BrFN3O2S/c1-14-7-9-17(11-15(14)2)29-23(31)18-5-3-4-6-20(18)28-24(29)32-13-22(30)27-21-10-8-16(25)12-19(21)26/h3-12H,13H2,1-2H3,(H,27,30). The van der Waals surface area contributed by atoms with Crippen molar-refractivity contribution in [3.8, 4) is 5.69 Å². The van der Waals surface area contributed by atoms with Gasteiger partial charge < -0.3 is 5.32 Å². The van der Waals surface area contributed by atoms with Crippen LogP contribution in [0.1, 0.15) is 11.1 Å². The highest BCUT2D eigenvalue weighted by molar-refractivity contribution is 9.10. The number of rotatable bonds is 5. The summed E-state index contributed by atoms with van der Waals surface area (Å²) in [6.45, 7) is 3.98. The van der Waals surface area contributed by atoms with Crippen LogP contribution in [0.5, 0.6) is 0 Å². The number of hydrogen-bond donors (Lipinski definition) is 1. The highest BCUT2D eigenvalue weighted by atomic mass is 79.9. The number of para-hydroxylation sites is 1. The molecular formula is C24H19BrFN3O2S. The number of hydrogen-bond acceptors (Lipinski definition) is 4. The van der Waals surface area contributed by atoms with Crippen molar-refractivity contribution in [2.45, 2.75) is 19.0 Å². The molecule has 0 aliphatic rings. The van der Waals surface area contributed by atoms with Crippen LogP contribution < -0.4 is 10.9 Å². The van der Waals surface area contributed by atoms with Crippen molar-refractivity contribution < 1.29 is 9.18 Å². The van der Waals surface area contributed by atoms with Gasteiger partial charge in [-0.25, -0.2) is 9.37 Å². The molecule has 0 radical (unpaired) electrons. The first kappa shape index (κ1) is 22.2. The Morgan fingerprint density at radius 2 is 1.88 bits per heavy atom. The lowest BCUT2D eigenvalue weighted by Crippen LogP contribution is -2.23. The van der Waals surface area contributed by atoms with Crippen LogP contribution in [0.15, 0.2) is 75.1 Å². The van der Waals surface area contributed by atoms with E-state index in [4.69, 9.17) is 0 Å². The van der Waals surface area contributed by atoms with Crippen LogP contribution in [0.25, 0.3) is 16.6 Å². The minimum atomic E-state index is -0.534. The maximum absolute atomic E-state index is 14.0. The molecule has 0 atom stereocenters. The first-order valence-corrected chi connectivity index (χ1v) is 11.6. The highest BCUT2D eigenvalue weighted by Gasteiger charge is 2.16. The number of aryl methyl sites for hydroxylation is 2. The largest absolute Gasteiger partial charge is 0.323 e. The lowest BCUT2D eigenvalue weighted by atomic mass is 10.1. The van der Waals surface area contributed by atoms with E-state index in [1.165, 1.54) is 16.7 Å². The van der Waals surface area contributed by atoms with Gasteiger partial charge in [0.05, 0.1) is 28.0 Å². The molecule has 5 nitrogen and oxygen atoms in total. The van der Waals surface area contributed by atoms with E-state index >= 15 is 0 Å². The fourth-order valence-electron chi connectivity index (χ4n) is 3.21. The summed E-state index contributed by atoms with van der Waals surface area (Å²) in [7, 11) is 0. The third-order valence-electron chi connectivity index (χ3n) is 5.03. The summed E-state index contributed by atoms with van der Waals surface area (Å²) in [4.78, 5) is 30.4. The maximum atomic E-state index is 14.0. The van der Waals surface area contributed by atoms with Gasteiger partial charge in [-0.3, -0.25) is 14.2 Å². The number of carbonyl (C=O) groups is 1. The van der Waals surface area contributed by atoms with E-state index in [1.54, 1.807) is 24.3 Å². The van der Waals surface area contributed by atoms with Crippen LogP contribution in [-0.4, -0.2) is 21.2 Å². The van der Waals surface area contributed by atoms with Crippen molar-refractivity contribution in [2.24, 2.45) is 0 Å². The number of carbonyl (C=O) groups excluding carboxylic acids is 1. The van der Waals surface area contributed by atoms with Gasteiger partial charge in [-0.15, -0.1) is 0 Å². The number of anilines is 1. The van der Waals surface area contributed by atoms with Crippen molar-refractivity contribution in [1.82, 2.24) is 9.55 Å². The Labute approximate surface area is 196 Å². The van der Waals surface area contributed by atoms with Gasteiger partial charge in [-0.1, -0.05) is 45.9 Å². The Hall–Kier alpha value is -2.97. The number of nitrogens with one attached hydrogen (secondary N) is 1. The predicted octanol–water partition coefficient (Wildman–Crippen LogP) is 5.63. The smallest absolute Gasteiger partial charge is 0.266 e. The normalized spacial score (nSPS) is 11.0. The Morgan fingerprint density at radius 1 is 1.09 bits per heavy atom. The Morgan fingerprint density at radius 3 is 2.62 bits per heavy atom. The van der Waals surface area contributed by atoms with Gasteiger partial charge in [0, 0.05) is 4.47 Å². The third-order valence-corrected chi connectivity index (χ3v) is 6.46. The molecule has 0 fully saturated rings. The maximum Gasteiger partial charge on any atom is 0.266 e. The molecule has 0 saturated heterocycles. The van der Waals surface area contributed by atoms with Gasteiger partial charge in [0.25, 0.3) is 5.56 Å². The molecule has 0 bridgehead atoms. The highest BCUT2D eigenvalue weighted by Crippen LogP contribution is 2.24. The minimum Gasteiger partial charge on any atom is -0.323 e. The van der Waals surface area contributed by atoms with Crippen LogP contribution in [0.3, 0.4) is 0 Å². The number of thioether (sulfide) groups is 1. The number of halogens is 2. The van der Waals surface area contributed by atoms with Crippen molar-refractivity contribution in [3.05, 3.63) is 92.4 Å². The van der Waals surface area contributed by atoms with Crippen LogP contribution >= 0.6 is 27.7 Å². The third kappa shape index (κ3) is 4.61. The zero-order chi connectivity index (χ0) is 22.8. The van der Waals surface area contributed by atoms with Crippen LogP contribution in [0.4, 0.5) is 10.1 Å². The first-order valence-electron chi connectivity index (χ1n) is 9.80. The molecule has 1 N–H and O–H groups in total. The molecule has 1 amide bonds. The second-order valence-corrected chi connectivity index (χ2v) is 9.14. The van der Waals surface area contributed by atoms with E-state index in [0.29, 0.717) is 26.2 Å². The molecule has 4 aromatic rings. The molecule has 1 heterocycles. The Kier molecular flexibility index (Phi) is 6.43. The predicted molar refractivity (Wildman–Crippen MR) is 130 cm³/mol. The van der Waals surface area contributed by atoms with Gasteiger partial charge in [0.15, 0.2) is 5.16 Å². The van der Waals surface area contributed by atoms with E-state index < -0.39 is 11.7 Å². The van der Waals surface area contributed by atoms with Gasteiger partial charge >= 0.3 is 0 Å². The molecule has 0 aliphatic carbocycles. The van der Waals surface area contributed by atoms with Gasteiger partial charge in [0.1, 0.15) is 5.82 Å². The minimum absolute atomic E-state index is 0.0366. The Balaban J connectivity index is 1.68. The number of aromatic nitrogens is 2. The molecule has 0 unspecified atom stereocenters. The van der Waals surface area contributed by atoms with Gasteiger partial charge in [-0.05, 0) is 67.4 Å². The summed E-state index contributed by atoms with van der Waals surface area (Å²) in [5.74, 6) is -0.968. The van der Waals surface area contributed by atoms with Gasteiger partial charge in [0.2, 0.25) is 5.91 Å². The lowest BCUT2D eigenvalue weighted by molar-refractivity contribution is -0.113. The number of amides is 1. The van der Waals surface area contributed by atoms with Crippen LogP contribution in [0, 0.1) is 19.7 Å². The number of fused-ring (bicyclic) bond motifs is 1. The second-order valence-electron chi connectivity index (χ2n) is 7.28. The first-order chi connectivity index (χ1) is 15.3. The van der Waals surface area contributed by atoms with Crippen molar-refractivity contribution >= 4 is 50.2 Å². The van der Waals surface area contributed by atoms with Crippen molar-refractivity contribution in [3.63, 3.8) is 0 Å². The molecule has 32 heavy (non-hydrogen) atoms. The molecule has 0 aliphatic heterocycles. The topological polar surface area (TPSA) is 64.0 Å². The molecule has 1 aromatic heterocycles. The number of nitrogens with zero attached hydrogens (tertiary/aromatic N) is 2. The fraction of sp³-hybridized carbons (Fsp3) is 0.125. The zero-order valence-corrected chi connectivity index (χ0v) is 19.8. The number of benzene rings is 3. The molecule has 0 saturated carbocycles. The Bertz CT molecular complexity index is 1400. The summed E-state index contributed by atoms with van der Waals surface area (Å²) in [5, 5.41) is 3.45. The molecule has 8 heteroatoms. The molecule has 3 aromatic carbocycles. The molecule has 0 spiro atoms. The molecule has 162 valence electrons. The quantitative estimate of drug-likeness (QED) is 0.278. The van der Waals surface area contributed by atoms with Crippen molar-refractivity contribution in [2.75, 3.05) is 11.1 Å². The fourth-order valence-corrected chi connectivity index (χ4v) is 4.35. The SMILES string of the molecule is Cc1ccc(-n2c(SCC(=O)Nc3ccc(Br)cc3F)nc3ccccc3c2=O)cc1C. The molecule has 4 rings (SSSR count). The van der Waals surface area contributed by atoms with E-state index in [-0.39, 0.29) is 17.0 Å². The van der Waals surface area contributed by atoms with Crippen molar-refractivity contribution in [1.29, 1.82) is 0 Å². The van der Waals surface area contributed by atoms with Crippen LogP contribution in [0.2, 0.25) is 0 Å². The average molecular weight is 512 g/mol. The summed E-state index contributed by atoms with van der Waals surface area (Å²) in [6, 6.07) is 17.3. The summed E-state index contributed by atoms with van der Waals surface area (Å²) in [5.41, 5.74) is 3.28. The van der Waals surface area contributed by atoms with Gasteiger partial charge in [-0.2, -0.15) is 0 Å². The average Bonchev–Trinajstić information content (AvgIpc) is 2.76. The summed E-state index contributed by atoms with van der Waals surface area (Å²) >= 11 is 4.32.